The number of benzene rings is 1. The monoisotopic (exact) mass is 514 g/mol. The zero-order valence-electron chi connectivity index (χ0n) is 20.7. The maximum absolute atomic E-state index is 14.4. The lowest BCUT2D eigenvalue weighted by Gasteiger charge is -2.35. The van der Waals surface area contributed by atoms with Crippen molar-refractivity contribution in [2.75, 3.05) is 42.9 Å². The lowest BCUT2D eigenvalue weighted by molar-refractivity contribution is -0.131. The van der Waals surface area contributed by atoms with Crippen molar-refractivity contribution < 1.29 is 9.18 Å². The molecule has 11 heteroatoms. The maximum atomic E-state index is 14.4. The Hall–Kier alpha value is -2.98. The summed E-state index contributed by atoms with van der Waals surface area (Å²) in [6.07, 6.45) is 2.77. The van der Waals surface area contributed by atoms with Gasteiger partial charge in [-0.15, -0.1) is 0 Å². The molecular weight excluding hydrogens is 483 g/mol. The van der Waals surface area contributed by atoms with Crippen LogP contribution in [0, 0.1) is 12.7 Å². The minimum Gasteiger partial charge on any atom is -0.364 e. The van der Waals surface area contributed by atoms with Gasteiger partial charge in [-0.3, -0.25) is 9.48 Å². The molecule has 0 saturated carbocycles. The molecule has 5 rings (SSSR count). The van der Waals surface area contributed by atoms with Crippen molar-refractivity contribution in [1.82, 2.24) is 30.0 Å². The molecule has 0 bridgehead atoms. The van der Waals surface area contributed by atoms with Gasteiger partial charge in [0.2, 0.25) is 11.9 Å². The Morgan fingerprint density at radius 3 is 2.75 bits per heavy atom. The van der Waals surface area contributed by atoms with E-state index in [-0.39, 0.29) is 18.3 Å². The van der Waals surface area contributed by atoms with Crippen molar-refractivity contribution in [1.29, 1.82) is 0 Å². The molecule has 3 aromatic rings. The number of carbonyl (C=O) groups excluding carboxylic acids is 1. The van der Waals surface area contributed by atoms with Crippen LogP contribution in [0.3, 0.4) is 0 Å². The molecule has 4 heterocycles. The largest absolute Gasteiger partial charge is 0.364 e. The van der Waals surface area contributed by atoms with Crippen molar-refractivity contribution >= 4 is 40.3 Å². The van der Waals surface area contributed by atoms with E-state index in [1.165, 1.54) is 6.07 Å². The van der Waals surface area contributed by atoms with Crippen LogP contribution in [0.2, 0.25) is 5.02 Å². The van der Waals surface area contributed by atoms with Gasteiger partial charge in [-0.2, -0.15) is 10.1 Å². The Morgan fingerprint density at radius 2 is 2.06 bits per heavy atom. The Morgan fingerprint density at radius 1 is 1.25 bits per heavy atom. The summed E-state index contributed by atoms with van der Waals surface area (Å²) in [5.41, 5.74) is 2.88. The molecule has 2 aromatic heterocycles. The zero-order chi connectivity index (χ0) is 25.2. The summed E-state index contributed by atoms with van der Waals surface area (Å²) in [6, 6.07) is 4.96. The van der Waals surface area contributed by atoms with Gasteiger partial charge in [0.15, 0.2) is 5.82 Å². The number of carbonyl (C=O) groups is 1. The van der Waals surface area contributed by atoms with E-state index >= 15 is 0 Å². The van der Waals surface area contributed by atoms with E-state index in [0.717, 1.165) is 36.1 Å². The van der Waals surface area contributed by atoms with Crippen LogP contribution in [0.5, 0.6) is 0 Å². The van der Waals surface area contributed by atoms with Gasteiger partial charge in [0.25, 0.3) is 0 Å². The zero-order valence-corrected chi connectivity index (χ0v) is 21.5. The van der Waals surface area contributed by atoms with E-state index in [1.807, 2.05) is 23.4 Å². The van der Waals surface area contributed by atoms with Crippen LogP contribution < -0.4 is 15.5 Å². The molecule has 1 aromatic carbocycles. The Balaban J connectivity index is 1.35. The molecule has 2 N–H and O–H groups in total. The van der Waals surface area contributed by atoms with Crippen LogP contribution in [0.1, 0.15) is 37.4 Å². The fourth-order valence-electron chi connectivity index (χ4n) is 4.98. The van der Waals surface area contributed by atoms with Crippen molar-refractivity contribution in [2.24, 2.45) is 0 Å². The number of rotatable bonds is 7. The normalized spacial score (nSPS) is 18.3. The van der Waals surface area contributed by atoms with Crippen LogP contribution in [-0.2, 0) is 17.9 Å². The standard InChI is InChI=1S/C25H32ClFN8O/c1-3-35-23-22(16(2)32-35)30-25(31-24(23)29-15-17-6-7-18(26)13-20(17)27)34-11-9-33(10-12-34)21(36)14-19-5-4-8-28-19/h6-7,13,19,28H,3-5,8-12,14-15H2,1-2H3,(H,29,30,31)/t19-/m1/s1. The predicted molar refractivity (Wildman–Crippen MR) is 139 cm³/mol. The Labute approximate surface area is 215 Å². The number of nitrogens with zero attached hydrogens (tertiary/aromatic N) is 6. The molecule has 1 amide bonds. The molecule has 2 aliphatic heterocycles. The van der Waals surface area contributed by atoms with Gasteiger partial charge >= 0.3 is 0 Å². The van der Waals surface area contributed by atoms with Gasteiger partial charge in [0.1, 0.15) is 16.9 Å². The summed E-state index contributed by atoms with van der Waals surface area (Å²) >= 11 is 5.91. The van der Waals surface area contributed by atoms with Gasteiger partial charge in [-0.05, 0) is 45.4 Å². The van der Waals surface area contributed by atoms with Crippen molar-refractivity contribution in [3.8, 4) is 0 Å². The lowest BCUT2D eigenvalue weighted by atomic mass is 10.1. The number of hydrogen-bond acceptors (Lipinski definition) is 7. The van der Waals surface area contributed by atoms with Gasteiger partial charge in [-0.25, -0.2) is 9.37 Å². The highest BCUT2D eigenvalue weighted by atomic mass is 35.5. The number of anilines is 2. The first-order chi connectivity index (χ1) is 17.4. The second-order valence-electron chi connectivity index (χ2n) is 9.43. The Bertz CT molecular complexity index is 1250. The smallest absolute Gasteiger partial charge is 0.228 e. The summed E-state index contributed by atoms with van der Waals surface area (Å²) < 4.78 is 16.3. The third-order valence-electron chi connectivity index (χ3n) is 7.00. The molecule has 36 heavy (non-hydrogen) atoms. The first-order valence-electron chi connectivity index (χ1n) is 12.6. The van der Waals surface area contributed by atoms with E-state index in [2.05, 4.69) is 20.6 Å². The first kappa shape index (κ1) is 24.7. The third kappa shape index (κ3) is 5.10. The molecule has 2 saturated heterocycles. The minimum absolute atomic E-state index is 0.206. The van der Waals surface area contributed by atoms with Gasteiger partial charge in [0, 0.05) is 62.3 Å². The second-order valence-corrected chi connectivity index (χ2v) is 9.86. The van der Waals surface area contributed by atoms with Crippen LogP contribution in [-0.4, -0.2) is 69.3 Å². The van der Waals surface area contributed by atoms with Crippen LogP contribution >= 0.6 is 11.6 Å². The summed E-state index contributed by atoms with van der Waals surface area (Å²) in [7, 11) is 0. The number of amides is 1. The van der Waals surface area contributed by atoms with E-state index in [0.29, 0.717) is 67.5 Å². The predicted octanol–water partition coefficient (Wildman–Crippen LogP) is 3.35. The maximum Gasteiger partial charge on any atom is 0.228 e. The van der Waals surface area contributed by atoms with Crippen molar-refractivity contribution in [2.45, 2.75) is 52.2 Å². The van der Waals surface area contributed by atoms with Crippen molar-refractivity contribution in [3.63, 3.8) is 0 Å². The molecule has 1 atom stereocenters. The SMILES string of the molecule is CCn1nc(C)c2nc(N3CCN(C(=O)C[C@H]4CCCN4)CC3)nc(NCc3ccc(Cl)cc3F)c21. The quantitative estimate of drug-likeness (QED) is 0.499. The molecule has 0 unspecified atom stereocenters. The fraction of sp³-hybridized carbons (Fsp3) is 0.520. The number of hydrogen-bond donors (Lipinski definition) is 2. The lowest BCUT2D eigenvalue weighted by Crippen LogP contribution is -2.50. The fourth-order valence-corrected chi connectivity index (χ4v) is 5.14. The molecule has 9 nitrogen and oxygen atoms in total. The Kier molecular flexibility index (Phi) is 7.25. The average molecular weight is 515 g/mol. The third-order valence-corrected chi connectivity index (χ3v) is 7.24. The molecule has 2 aliphatic rings. The molecule has 0 aliphatic carbocycles. The summed E-state index contributed by atoms with van der Waals surface area (Å²) in [5, 5.41) is 11.7. The molecular formula is C25H32ClFN8O. The number of halogens is 2. The molecule has 0 spiro atoms. The van der Waals surface area contributed by atoms with E-state index in [9.17, 15) is 9.18 Å². The van der Waals surface area contributed by atoms with E-state index in [1.54, 1.807) is 12.1 Å². The summed E-state index contributed by atoms with van der Waals surface area (Å²) in [4.78, 5) is 26.5. The van der Waals surface area contributed by atoms with Gasteiger partial charge in [0.05, 0.1) is 5.69 Å². The second kappa shape index (κ2) is 10.6. The minimum atomic E-state index is -0.366. The highest BCUT2D eigenvalue weighted by Gasteiger charge is 2.27. The highest BCUT2D eigenvalue weighted by molar-refractivity contribution is 6.30. The highest BCUT2D eigenvalue weighted by Crippen LogP contribution is 2.28. The summed E-state index contributed by atoms with van der Waals surface area (Å²) in [6.45, 7) is 8.44. The van der Waals surface area contributed by atoms with Crippen molar-refractivity contribution in [3.05, 3.63) is 40.3 Å². The van der Waals surface area contributed by atoms with E-state index < -0.39 is 0 Å². The van der Waals surface area contributed by atoms with Crippen LogP contribution in [0.15, 0.2) is 18.2 Å². The topological polar surface area (TPSA) is 91.2 Å². The average Bonchev–Trinajstić information content (AvgIpc) is 3.51. The number of aromatic nitrogens is 4. The van der Waals surface area contributed by atoms with Crippen LogP contribution in [0.25, 0.3) is 11.0 Å². The molecule has 0 radical (unpaired) electrons. The first-order valence-corrected chi connectivity index (χ1v) is 13.0. The summed E-state index contributed by atoms with van der Waals surface area (Å²) in [5.74, 6) is 1.04. The van der Waals surface area contributed by atoms with Gasteiger partial charge < -0.3 is 20.4 Å². The van der Waals surface area contributed by atoms with Gasteiger partial charge in [-0.1, -0.05) is 17.7 Å². The molecule has 2 fully saturated rings. The van der Waals surface area contributed by atoms with Crippen LogP contribution in [0.4, 0.5) is 16.2 Å². The number of piperazine rings is 1. The molecule has 192 valence electrons. The number of fused-ring (bicyclic) bond motifs is 1. The number of nitrogens with one attached hydrogen (secondary N) is 2. The number of aryl methyl sites for hydroxylation is 2. The van der Waals surface area contributed by atoms with E-state index in [4.69, 9.17) is 21.6 Å².